The van der Waals surface area contributed by atoms with Crippen LogP contribution in [0.5, 0.6) is 5.75 Å². The van der Waals surface area contributed by atoms with E-state index in [1.54, 1.807) is 6.07 Å². The molecule has 16 heavy (non-hydrogen) atoms. The summed E-state index contributed by atoms with van der Waals surface area (Å²) in [6.07, 6.45) is -0.0594. The fourth-order valence-electron chi connectivity index (χ4n) is 1.32. The lowest BCUT2D eigenvalue weighted by Crippen LogP contribution is -2.07. The molecule has 5 heteroatoms. The quantitative estimate of drug-likeness (QED) is 0.644. The van der Waals surface area contributed by atoms with Crippen LogP contribution in [0.3, 0.4) is 0 Å². The third-order valence-electron chi connectivity index (χ3n) is 2.14. The lowest BCUT2D eigenvalue weighted by molar-refractivity contribution is -0.139. The van der Waals surface area contributed by atoms with Gasteiger partial charge in [0.15, 0.2) is 0 Å². The van der Waals surface area contributed by atoms with Gasteiger partial charge in [0.05, 0.1) is 25.2 Å². The smallest absolute Gasteiger partial charge is 0.310 e. The normalized spacial score (nSPS) is 9.56. The zero-order chi connectivity index (χ0) is 12.1. The number of hydrogen-bond acceptors (Lipinski definition) is 4. The van der Waals surface area contributed by atoms with Crippen LogP contribution in [0.2, 0.25) is 0 Å². The Morgan fingerprint density at radius 3 is 2.81 bits per heavy atom. The van der Waals surface area contributed by atoms with Gasteiger partial charge in [-0.15, -0.1) is 11.6 Å². The topological polar surface area (TPSA) is 70.3 Å². The molecule has 0 radical (unpaired) electrons. The van der Waals surface area contributed by atoms with Crippen molar-refractivity contribution in [2.24, 2.45) is 0 Å². The number of alkyl halides is 1. The van der Waals surface area contributed by atoms with Crippen LogP contribution < -0.4 is 0 Å². The molecule has 0 spiro atoms. The summed E-state index contributed by atoms with van der Waals surface area (Å²) in [5, 5.41) is 18.4. The minimum atomic E-state index is -0.466. The number of ether oxygens (including phenoxy) is 1. The van der Waals surface area contributed by atoms with E-state index in [1.807, 2.05) is 6.07 Å². The van der Waals surface area contributed by atoms with E-state index in [9.17, 15) is 9.90 Å². The molecule has 4 nitrogen and oxygen atoms in total. The SMILES string of the molecule is COC(=O)Cc1c(O)cc(C#N)cc1CCl. The predicted octanol–water partition coefficient (Wildman–Crippen LogP) is 1.72. The fraction of sp³-hybridized carbons (Fsp3) is 0.273. The van der Waals surface area contributed by atoms with Gasteiger partial charge in [0.2, 0.25) is 0 Å². The van der Waals surface area contributed by atoms with E-state index in [2.05, 4.69) is 4.74 Å². The first-order valence-corrected chi connectivity index (χ1v) is 5.03. The number of hydrogen-bond donors (Lipinski definition) is 1. The van der Waals surface area contributed by atoms with Crippen molar-refractivity contribution in [1.82, 2.24) is 0 Å². The molecule has 0 atom stereocenters. The summed E-state index contributed by atoms with van der Waals surface area (Å²) in [5.41, 5.74) is 1.27. The van der Waals surface area contributed by atoms with Crippen molar-refractivity contribution in [3.8, 4) is 11.8 Å². The minimum absolute atomic E-state index is 0.0594. The van der Waals surface area contributed by atoms with Crippen molar-refractivity contribution in [2.45, 2.75) is 12.3 Å². The van der Waals surface area contributed by atoms with E-state index in [-0.39, 0.29) is 18.1 Å². The molecule has 0 aromatic heterocycles. The van der Waals surface area contributed by atoms with Gasteiger partial charge in [-0.2, -0.15) is 5.26 Å². The number of phenols is 1. The molecule has 0 unspecified atom stereocenters. The number of halogens is 1. The number of phenolic OH excluding ortho intramolecular Hbond substituents is 1. The van der Waals surface area contributed by atoms with Gasteiger partial charge in [0, 0.05) is 11.4 Å². The van der Waals surface area contributed by atoms with Crippen molar-refractivity contribution < 1.29 is 14.6 Å². The largest absolute Gasteiger partial charge is 0.508 e. The minimum Gasteiger partial charge on any atom is -0.508 e. The van der Waals surface area contributed by atoms with Gasteiger partial charge < -0.3 is 9.84 Å². The van der Waals surface area contributed by atoms with Crippen LogP contribution >= 0.6 is 11.6 Å². The summed E-state index contributed by atoms with van der Waals surface area (Å²) in [7, 11) is 1.27. The molecule has 1 aromatic rings. The maximum absolute atomic E-state index is 11.1. The number of esters is 1. The molecule has 84 valence electrons. The van der Waals surface area contributed by atoms with Crippen LogP contribution in [-0.2, 0) is 21.8 Å². The van der Waals surface area contributed by atoms with Gasteiger partial charge in [-0.25, -0.2) is 0 Å². The molecular formula is C11H10ClNO3. The predicted molar refractivity (Wildman–Crippen MR) is 58.1 cm³/mol. The monoisotopic (exact) mass is 239 g/mol. The Bertz CT molecular complexity index is 451. The first kappa shape index (κ1) is 12.3. The molecule has 0 bridgehead atoms. The third kappa shape index (κ3) is 2.65. The van der Waals surface area contributed by atoms with E-state index in [0.717, 1.165) is 0 Å². The number of aromatic hydroxyl groups is 1. The Balaban J connectivity index is 3.17. The molecule has 0 aliphatic rings. The number of nitriles is 1. The Kier molecular flexibility index (Phi) is 4.15. The average Bonchev–Trinajstić information content (AvgIpc) is 2.30. The highest BCUT2D eigenvalue weighted by Gasteiger charge is 2.13. The molecule has 0 aliphatic heterocycles. The zero-order valence-electron chi connectivity index (χ0n) is 8.66. The number of carbonyl (C=O) groups excluding carboxylic acids is 1. The number of nitrogens with zero attached hydrogens (tertiary/aromatic N) is 1. The number of rotatable bonds is 3. The molecule has 1 N–H and O–H groups in total. The number of methoxy groups -OCH3 is 1. The van der Waals surface area contributed by atoms with E-state index in [1.165, 1.54) is 13.2 Å². The molecule has 0 fully saturated rings. The molecule has 0 saturated carbocycles. The first-order valence-electron chi connectivity index (χ1n) is 4.50. The highest BCUT2D eigenvalue weighted by molar-refractivity contribution is 6.17. The van der Waals surface area contributed by atoms with Crippen molar-refractivity contribution in [2.75, 3.05) is 7.11 Å². The average molecular weight is 240 g/mol. The molecule has 0 amide bonds. The second-order valence-electron chi connectivity index (χ2n) is 3.13. The van der Waals surface area contributed by atoms with E-state index >= 15 is 0 Å². The Labute approximate surface area is 98.0 Å². The van der Waals surface area contributed by atoms with Crippen molar-refractivity contribution in [3.63, 3.8) is 0 Å². The van der Waals surface area contributed by atoms with Gasteiger partial charge in [-0.3, -0.25) is 4.79 Å². The Morgan fingerprint density at radius 1 is 1.62 bits per heavy atom. The van der Waals surface area contributed by atoms with Crippen molar-refractivity contribution in [3.05, 3.63) is 28.8 Å². The van der Waals surface area contributed by atoms with Gasteiger partial charge in [-0.05, 0) is 17.7 Å². The Morgan fingerprint density at radius 2 is 2.31 bits per heavy atom. The Hall–Kier alpha value is -1.73. The summed E-state index contributed by atoms with van der Waals surface area (Å²) in [6, 6.07) is 4.75. The summed E-state index contributed by atoms with van der Waals surface area (Å²) >= 11 is 5.69. The molecule has 1 rings (SSSR count). The summed E-state index contributed by atoms with van der Waals surface area (Å²) < 4.78 is 4.51. The van der Waals surface area contributed by atoms with Crippen LogP contribution in [0.25, 0.3) is 0 Å². The second kappa shape index (κ2) is 5.38. The molecule has 0 aliphatic carbocycles. The maximum atomic E-state index is 11.1. The zero-order valence-corrected chi connectivity index (χ0v) is 9.41. The number of carbonyl (C=O) groups is 1. The van der Waals surface area contributed by atoms with Gasteiger partial charge in [0.1, 0.15) is 5.75 Å². The lowest BCUT2D eigenvalue weighted by Gasteiger charge is -2.09. The van der Waals surface area contributed by atoms with Crippen LogP contribution in [0.4, 0.5) is 0 Å². The molecule has 0 saturated heterocycles. The van der Waals surface area contributed by atoms with Crippen LogP contribution in [0, 0.1) is 11.3 Å². The summed E-state index contributed by atoms with van der Waals surface area (Å²) in [5.74, 6) is -0.457. The highest BCUT2D eigenvalue weighted by atomic mass is 35.5. The van der Waals surface area contributed by atoms with Crippen molar-refractivity contribution >= 4 is 17.6 Å². The first-order chi connectivity index (χ1) is 7.62. The second-order valence-corrected chi connectivity index (χ2v) is 3.40. The van der Waals surface area contributed by atoms with Gasteiger partial charge in [0.25, 0.3) is 0 Å². The summed E-state index contributed by atoms with van der Waals surface area (Å²) in [6.45, 7) is 0. The van der Waals surface area contributed by atoms with E-state index in [0.29, 0.717) is 16.7 Å². The maximum Gasteiger partial charge on any atom is 0.310 e. The van der Waals surface area contributed by atoms with Crippen LogP contribution in [-0.4, -0.2) is 18.2 Å². The fourth-order valence-corrected chi connectivity index (χ4v) is 1.56. The van der Waals surface area contributed by atoms with Gasteiger partial charge in [-0.1, -0.05) is 0 Å². The third-order valence-corrected chi connectivity index (χ3v) is 2.43. The number of benzene rings is 1. The lowest BCUT2D eigenvalue weighted by atomic mass is 10.0. The summed E-state index contributed by atoms with van der Waals surface area (Å²) in [4.78, 5) is 11.1. The molecule has 1 aromatic carbocycles. The standard InChI is InChI=1S/C11H10ClNO3/c1-16-11(15)4-9-8(5-12)2-7(6-13)3-10(9)14/h2-3,14H,4-5H2,1H3. The molecule has 0 heterocycles. The van der Waals surface area contributed by atoms with Crippen molar-refractivity contribution in [1.29, 1.82) is 5.26 Å². The van der Waals surface area contributed by atoms with Gasteiger partial charge >= 0.3 is 5.97 Å². The molecular weight excluding hydrogens is 230 g/mol. The van der Waals surface area contributed by atoms with Crippen LogP contribution in [0.1, 0.15) is 16.7 Å². The van der Waals surface area contributed by atoms with Crippen LogP contribution in [0.15, 0.2) is 12.1 Å². The highest BCUT2D eigenvalue weighted by Crippen LogP contribution is 2.25. The van der Waals surface area contributed by atoms with E-state index < -0.39 is 5.97 Å². The van der Waals surface area contributed by atoms with E-state index in [4.69, 9.17) is 16.9 Å².